The summed E-state index contributed by atoms with van der Waals surface area (Å²) >= 11 is 5.16. The third kappa shape index (κ3) is 5.64. The van der Waals surface area contributed by atoms with Gasteiger partial charge in [0.05, 0.1) is 6.04 Å². The smallest absolute Gasteiger partial charge is 0.136 e. The standard InChI is InChI=1S/C20H31ClN2O2S/c1-6-11-25-18-13-17(21)14(2)12-16(18)19(15-7-9-22-10-8-15)23-26(24)20(3,4)5/h6,12-13,15,19,22-23H,1,7-11H2,2-5H3/t19-,26?/m1/s1. The molecule has 2 N–H and O–H groups in total. The topological polar surface area (TPSA) is 56.3 Å². The molecule has 1 aromatic carbocycles. The molecular weight excluding hydrogens is 368 g/mol. The fourth-order valence-electron chi connectivity index (χ4n) is 3.09. The molecule has 146 valence electrons. The Labute approximate surface area is 166 Å². The highest BCUT2D eigenvalue weighted by atomic mass is 35.5. The number of hydrogen-bond donors (Lipinski definition) is 2. The van der Waals surface area contributed by atoms with Crippen LogP contribution in [0.15, 0.2) is 24.8 Å². The Morgan fingerprint density at radius 1 is 1.42 bits per heavy atom. The minimum absolute atomic E-state index is 0.0482. The van der Waals surface area contributed by atoms with Crippen LogP contribution in [0.3, 0.4) is 0 Å². The zero-order chi connectivity index (χ0) is 19.3. The summed E-state index contributed by atoms with van der Waals surface area (Å²) in [6, 6.07) is 3.89. The Balaban J connectivity index is 2.42. The monoisotopic (exact) mass is 398 g/mol. The van der Waals surface area contributed by atoms with E-state index in [-0.39, 0.29) is 10.8 Å². The zero-order valence-corrected chi connectivity index (χ0v) is 17.8. The van der Waals surface area contributed by atoms with Gasteiger partial charge in [0.15, 0.2) is 0 Å². The van der Waals surface area contributed by atoms with Gasteiger partial charge in [-0.2, -0.15) is 0 Å². The van der Waals surface area contributed by atoms with Crippen molar-refractivity contribution >= 4 is 23.0 Å². The maximum absolute atomic E-state index is 12.9. The van der Waals surface area contributed by atoms with E-state index in [9.17, 15) is 4.55 Å². The van der Waals surface area contributed by atoms with Gasteiger partial charge in [0.25, 0.3) is 0 Å². The van der Waals surface area contributed by atoms with Crippen molar-refractivity contribution in [3.8, 4) is 5.75 Å². The van der Waals surface area contributed by atoms with Gasteiger partial charge in [-0.25, -0.2) is 0 Å². The van der Waals surface area contributed by atoms with E-state index in [4.69, 9.17) is 16.3 Å². The highest BCUT2D eigenvalue weighted by molar-refractivity contribution is 7.90. The van der Waals surface area contributed by atoms with Gasteiger partial charge in [-0.05, 0) is 77.2 Å². The van der Waals surface area contributed by atoms with Gasteiger partial charge < -0.3 is 14.6 Å². The lowest BCUT2D eigenvalue weighted by molar-refractivity contribution is 0.292. The first-order valence-corrected chi connectivity index (χ1v) is 10.7. The molecule has 0 spiro atoms. The van der Waals surface area contributed by atoms with Crippen LogP contribution >= 0.6 is 11.6 Å². The van der Waals surface area contributed by atoms with Crippen molar-refractivity contribution < 1.29 is 9.29 Å². The molecule has 1 unspecified atom stereocenters. The highest BCUT2D eigenvalue weighted by Crippen LogP contribution is 2.38. The lowest BCUT2D eigenvalue weighted by Crippen LogP contribution is -2.45. The average Bonchev–Trinajstić information content (AvgIpc) is 2.60. The van der Waals surface area contributed by atoms with Gasteiger partial charge in [0.2, 0.25) is 0 Å². The fraction of sp³-hybridized carbons (Fsp3) is 0.600. The number of rotatable bonds is 7. The first-order chi connectivity index (χ1) is 12.2. The fourth-order valence-corrected chi connectivity index (χ4v) is 4.14. The van der Waals surface area contributed by atoms with E-state index in [1.165, 1.54) is 0 Å². The molecule has 1 aromatic rings. The molecule has 4 nitrogen and oxygen atoms in total. The van der Waals surface area contributed by atoms with Crippen LogP contribution in [0, 0.1) is 12.8 Å². The lowest BCUT2D eigenvalue weighted by atomic mass is 9.85. The molecule has 1 heterocycles. The van der Waals surface area contributed by atoms with Crippen LogP contribution < -0.4 is 14.8 Å². The van der Waals surface area contributed by atoms with Gasteiger partial charge in [-0.3, -0.25) is 0 Å². The summed E-state index contributed by atoms with van der Waals surface area (Å²) in [7, 11) is 0. The Morgan fingerprint density at radius 2 is 2.08 bits per heavy atom. The van der Waals surface area contributed by atoms with Crippen LogP contribution in [-0.4, -0.2) is 29.0 Å². The molecule has 1 aliphatic rings. The molecule has 0 radical (unpaired) electrons. The van der Waals surface area contributed by atoms with Crippen LogP contribution in [0.5, 0.6) is 5.75 Å². The summed E-state index contributed by atoms with van der Waals surface area (Å²) < 4.78 is 21.8. The maximum Gasteiger partial charge on any atom is 0.136 e. The number of benzene rings is 1. The van der Waals surface area contributed by atoms with E-state index >= 15 is 0 Å². The Morgan fingerprint density at radius 3 is 2.65 bits per heavy atom. The summed E-state index contributed by atoms with van der Waals surface area (Å²) in [6.45, 7) is 14.0. The van der Waals surface area contributed by atoms with Crippen molar-refractivity contribution in [3.63, 3.8) is 0 Å². The maximum atomic E-state index is 12.9. The molecule has 2 rings (SSSR count). The predicted molar refractivity (Wildman–Crippen MR) is 111 cm³/mol. The second-order valence-corrected chi connectivity index (χ2v) is 10.2. The Bertz CT molecular complexity index is 613. The van der Waals surface area contributed by atoms with E-state index in [1.54, 1.807) is 6.08 Å². The second kappa shape index (κ2) is 9.47. The third-order valence-electron chi connectivity index (χ3n) is 4.63. The summed E-state index contributed by atoms with van der Waals surface area (Å²) in [5, 5.41) is 4.08. The largest absolute Gasteiger partial charge is 0.598 e. The quantitative estimate of drug-likeness (QED) is 0.531. The van der Waals surface area contributed by atoms with E-state index < -0.39 is 11.4 Å². The van der Waals surface area contributed by atoms with Crippen molar-refractivity contribution in [2.45, 2.75) is 51.3 Å². The normalized spacial score (nSPS) is 18.4. The van der Waals surface area contributed by atoms with Crippen molar-refractivity contribution in [3.05, 3.63) is 40.9 Å². The molecule has 1 fully saturated rings. The van der Waals surface area contributed by atoms with E-state index in [1.807, 2.05) is 33.8 Å². The summed E-state index contributed by atoms with van der Waals surface area (Å²) in [4.78, 5) is 0. The van der Waals surface area contributed by atoms with E-state index in [0.29, 0.717) is 17.5 Å². The van der Waals surface area contributed by atoms with Gasteiger partial charge >= 0.3 is 0 Å². The first-order valence-electron chi connectivity index (χ1n) is 9.16. The lowest BCUT2D eigenvalue weighted by Gasteiger charge is -2.35. The molecule has 0 saturated carbocycles. The van der Waals surface area contributed by atoms with Crippen molar-refractivity contribution in [1.82, 2.24) is 10.0 Å². The van der Waals surface area contributed by atoms with Crippen LogP contribution in [0.1, 0.15) is 50.8 Å². The van der Waals surface area contributed by atoms with Crippen molar-refractivity contribution in [1.29, 1.82) is 0 Å². The van der Waals surface area contributed by atoms with Crippen LogP contribution in [-0.2, 0) is 11.4 Å². The predicted octanol–water partition coefficient (Wildman–Crippen LogP) is 4.31. The van der Waals surface area contributed by atoms with Crippen molar-refractivity contribution in [2.24, 2.45) is 5.92 Å². The molecule has 6 heteroatoms. The first kappa shape index (κ1) is 21.6. The van der Waals surface area contributed by atoms with E-state index in [2.05, 4.69) is 22.7 Å². The van der Waals surface area contributed by atoms with Crippen LogP contribution in [0.4, 0.5) is 0 Å². The number of aryl methyl sites for hydroxylation is 1. The molecule has 0 aromatic heterocycles. The van der Waals surface area contributed by atoms with Crippen molar-refractivity contribution in [2.75, 3.05) is 19.7 Å². The number of halogens is 1. The molecule has 0 bridgehead atoms. The third-order valence-corrected chi connectivity index (χ3v) is 6.62. The van der Waals surface area contributed by atoms with Gasteiger partial charge in [-0.15, -0.1) is 4.72 Å². The molecular formula is C20H31ClN2O2S. The van der Waals surface area contributed by atoms with Gasteiger partial charge in [-0.1, -0.05) is 24.3 Å². The molecule has 2 atom stereocenters. The number of piperidine rings is 1. The molecule has 1 aliphatic heterocycles. The van der Waals surface area contributed by atoms with E-state index in [0.717, 1.165) is 42.8 Å². The highest BCUT2D eigenvalue weighted by Gasteiger charge is 2.35. The SMILES string of the molecule is C=CCOc1cc(Cl)c(C)cc1[C@H](N[S+]([O-])C(C)(C)C)C1CCNCC1. The zero-order valence-electron chi connectivity index (χ0n) is 16.2. The number of nitrogens with one attached hydrogen (secondary N) is 2. The van der Waals surface area contributed by atoms with Crippen LogP contribution in [0.25, 0.3) is 0 Å². The molecule has 26 heavy (non-hydrogen) atoms. The Hall–Kier alpha value is -0.720. The summed E-state index contributed by atoms with van der Waals surface area (Å²) in [5.41, 5.74) is 2.02. The Kier molecular flexibility index (Phi) is 7.86. The average molecular weight is 399 g/mol. The summed E-state index contributed by atoms with van der Waals surface area (Å²) in [5.74, 6) is 1.12. The van der Waals surface area contributed by atoms with Gasteiger partial charge in [0.1, 0.15) is 17.1 Å². The molecule has 1 saturated heterocycles. The van der Waals surface area contributed by atoms with Crippen LogP contribution in [0.2, 0.25) is 5.02 Å². The summed E-state index contributed by atoms with van der Waals surface area (Å²) in [6.07, 6.45) is 3.78. The minimum Gasteiger partial charge on any atom is -0.598 e. The molecule has 0 amide bonds. The number of ether oxygens (including phenoxy) is 1. The van der Waals surface area contributed by atoms with Gasteiger partial charge in [0, 0.05) is 21.9 Å². The minimum atomic E-state index is -1.17. The molecule has 0 aliphatic carbocycles. The second-order valence-electron chi connectivity index (χ2n) is 7.80. The number of hydrogen-bond acceptors (Lipinski definition) is 4.